The lowest BCUT2D eigenvalue weighted by molar-refractivity contribution is -0.120. The van der Waals surface area contributed by atoms with E-state index >= 15 is 0 Å². The number of hydrogen-bond donors (Lipinski definition) is 1. The lowest BCUT2D eigenvalue weighted by atomic mass is 10.1. The van der Waals surface area contributed by atoms with Crippen LogP contribution in [0.4, 0.5) is 11.4 Å². The zero-order valence-corrected chi connectivity index (χ0v) is 20.2. The summed E-state index contributed by atoms with van der Waals surface area (Å²) in [5.74, 6) is -0.912. The first-order valence-electron chi connectivity index (χ1n) is 9.60. The van der Waals surface area contributed by atoms with Gasteiger partial charge in [0.1, 0.15) is 10.6 Å². The van der Waals surface area contributed by atoms with Crippen molar-refractivity contribution in [3.8, 4) is 0 Å². The van der Waals surface area contributed by atoms with Crippen LogP contribution in [0.2, 0.25) is 15.1 Å². The highest BCUT2D eigenvalue weighted by Crippen LogP contribution is 2.39. The molecule has 1 N–H and O–H groups in total. The number of nitrogens with zero attached hydrogens (tertiary/aromatic N) is 1. The monoisotopic (exact) mass is 502 g/mol. The molecule has 4 nitrogen and oxygen atoms in total. The van der Waals surface area contributed by atoms with E-state index in [1.54, 1.807) is 36.4 Å². The number of amides is 2. The molecule has 32 heavy (non-hydrogen) atoms. The number of imide groups is 1. The van der Waals surface area contributed by atoms with E-state index in [1.807, 2.05) is 32.0 Å². The van der Waals surface area contributed by atoms with Gasteiger partial charge in [0.2, 0.25) is 0 Å². The van der Waals surface area contributed by atoms with Crippen LogP contribution in [0.5, 0.6) is 0 Å². The maximum absolute atomic E-state index is 13.4. The molecule has 4 rings (SSSR count). The third-order valence-electron chi connectivity index (χ3n) is 4.88. The van der Waals surface area contributed by atoms with Crippen LogP contribution in [0.1, 0.15) is 11.1 Å². The van der Waals surface area contributed by atoms with Gasteiger partial charge in [0.05, 0.1) is 15.7 Å². The van der Waals surface area contributed by atoms with Crippen LogP contribution < -0.4 is 10.2 Å². The summed E-state index contributed by atoms with van der Waals surface area (Å²) in [6.07, 6.45) is 0. The van der Waals surface area contributed by atoms with E-state index in [0.717, 1.165) is 26.6 Å². The average molecular weight is 504 g/mol. The Morgan fingerprint density at radius 1 is 0.812 bits per heavy atom. The molecule has 2 amide bonds. The summed E-state index contributed by atoms with van der Waals surface area (Å²) in [4.78, 5) is 29.0. The predicted molar refractivity (Wildman–Crippen MR) is 133 cm³/mol. The summed E-state index contributed by atoms with van der Waals surface area (Å²) in [5, 5.41) is 4.37. The molecule has 3 aromatic rings. The van der Waals surface area contributed by atoms with Crippen molar-refractivity contribution in [3.63, 3.8) is 0 Å². The van der Waals surface area contributed by atoms with Crippen molar-refractivity contribution < 1.29 is 9.59 Å². The van der Waals surface area contributed by atoms with Gasteiger partial charge in [-0.2, -0.15) is 0 Å². The quantitative estimate of drug-likeness (QED) is 0.372. The lowest BCUT2D eigenvalue weighted by Gasteiger charge is -2.16. The smallest absolute Gasteiger partial charge is 0.283 e. The molecule has 0 fully saturated rings. The summed E-state index contributed by atoms with van der Waals surface area (Å²) >= 11 is 19.4. The molecule has 8 heteroatoms. The van der Waals surface area contributed by atoms with E-state index in [-0.39, 0.29) is 15.6 Å². The molecule has 3 aromatic carbocycles. The zero-order valence-electron chi connectivity index (χ0n) is 17.1. The van der Waals surface area contributed by atoms with E-state index in [0.29, 0.717) is 15.7 Å². The van der Waals surface area contributed by atoms with Crippen molar-refractivity contribution in [2.75, 3.05) is 10.2 Å². The first-order valence-corrected chi connectivity index (χ1v) is 11.6. The number of hydrogen-bond acceptors (Lipinski definition) is 4. The van der Waals surface area contributed by atoms with Crippen LogP contribution in [0.15, 0.2) is 76.2 Å². The molecule has 0 unspecified atom stereocenters. The first kappa shape index (κ1) is 22.7. The van der Waals surface area contributed by atoms with Crippen molar-refractivity contribution in [3.05, 3.63) is 97.5 Å². The number of carbonyl (C=O) groups excluding carboxylic acids is 2. The Morgan fingerprint density at radius 3 is 2.19 bits per heavy atom. The van der Waals surface area contributed by atoms with Gasteiger partial charge in [-0.15, -0.1) is 0 Å². The summed E-state index contributed by atoms with van der Waals surface area (Å²) in [6.45, 7) is 3.94. The maximum Gasteiger partial charge on any atom is 0.283 e. The highest BCUT2D eigenvalue weighted by atomic mass is 35.5. The van der Waals surface area contributed by atoms with Crippen molar-refractivity contribution in [1.29, 1.82) is 0 Å². The van der Waals surface area contributed by atoms with Crippen molar-refractivity contribution >= 4 is 69.8 Å². The third-order valence-corrected chi connectivity index (χ3v) is 6.96. The van der Waals surface area contributed by atoms with Crippen molar-refractivity contribution in [2.24, 2.45) is 0 Å². The topological polar surface area (TPSA) is 49.4 Å². The molecule has 0 radical (unpaired) electrons. The van der Waals surface area contributed by atoms with Crippen LogP contribution in [0, 0.1) is 13.8 Å². The Kier molecular flexibility index (Phi) is 6.54. The minimum Gasteiger partial charge on any atom is -0.350 e. The SMILES string of the molecule is Cc1ccc(NC2=C(Sc3ccc(Cl)cc3)C(=O)N(c3ccc(Cl)c(Cl)c3)C2=O)c(C)c1. The number of carbonyl (C=O) groups is 2. The van der Waals surface area contributed by atoms with E-state index in [4.69, 9.17) is 34.8 Å². The van der Waals surface area contributed by atoms with Gasteiger partial charge in [0.25, 0.3) is 11.8 Å². The minimum absolute atomic E-state index is 0.202. The number of halogens is 3. The third kappa shape index (κ3) is 4.52. The molecule has 0 aliphatic carbocycles. The van der Waals surface area contributed by atoms with Gasteiger partial charge in [-0.05, 0) is 67.9 Å². The Balaban J connectivity index is 1.77. The summed E-state index contributed by atoms with van der Waals surface area (Å²) < 4.78 is 0. The molecule has 162 valence electrons. The Morgan fingerprint density at radius 2 is 1.53 bits per heavy atom. The second-order valence-electron chi connectivity index (χ2n) is 7.25. The van der Waals surface area contributed by atoms with Crippen molar-refractivity contribution in [1.82, 2.24) is 0 Å². The molecule has 1 heterocycles. The van der Waals surface area contributed by atoms with Gasteiger partial charge in [0.15, 0.2) is 0 Å². The summed E-state index contributed by atoms with van der Waals surface area (Å²) in [5.41, 5.74) is 3.36. The van der Waals surface area contributed by atoms with E-state index in [9.17, 15) is 9.59 Å². The fourth-order valence-electron chi connectivity index (χ4n) is 3.28. The van der Waals surface area contributed by atoms with Crippen LogP contribution in [-0.2, 0) is 9.59 Å². The molecular weight excluding hydrogens is 487 g/mol. The Labute approximate surface area is 205 Å². The van der Waals surface area contributed by atoms with Crippen LogP contribution in [-0.4, -0.2) is 11.8 Å². The van der Waals surface area contributed by atoms with Crippen LogP contribution in [0.25, 0.3) is 0 Å². The molecule has 0 spiro atoms. The van der Waals surface area contributed by atoms with Crippen molar-refractivity contribution in [2.45, 2.75) is 18.7 Å². The van der Waals surface area contributed by atoms with E-state index < -0.39 is 11.8 Å². The maximum atomic E-state index is 13.4. The van der Waals surface area contributed by atoms with Gasteiger partial charge in [0, 0.05) is 15.6 Å². The highest BCUT2D eigenvalue weighted by molar-refractivity contribution is 8.04. The molecule has 0 saturated carbocycles. The number of aryl methyl sites for hydroxylation is 2. The molecule has 0 saturated heterocycles. The second kappa shape index (κ2) is 9.20. The number of benzene rings is 3. The van der Waals surface area contributed by atoms with E-state index in [1.165, 1.54) is 17.8 Å². The zero-order chi connectivity index (χ0) is 23.0. The normalized spacial score (nSPS) is 13.8. The fourth-order valence-corrected chi connectivity index (χ4v) is 4.63. The molecule has 0 aromatic heterocycles. The average Bonchev–Trinajstić information content (AvgIpc) is 2.97. The van der Waals surface area contributed by atoms with Gasteiger partial charge in [-0.1, -0.05) is 64.3 Å². The first-order chi connectivity index (χ1) is 15.2. The number of nitrogens with one attached hydrogen (secondary N) is 1. The number of anilines is 2. The molecule has 0 bridgehead atoms. The highest BCUT2D eigenvalue weighted by Gasteiger charge is 2.40. The molecule has 1 aliphatic heterocycles. The van der Waals surface area contributed by atoms with Crippen LogP contribution >= 0.6 is 46.6 Å². The summed E-state index contributed by atoms with van der Waals surface area (Å²) in [6, 6.07) is 17.6. The summed E-state index contributed by atoms with van der Waals surface area (Å²) in [7, 11) is 0. The molecule has 0 atom stereocenters. The van der Waals surface area contributed by atoms with Gasteiger partial charge in [-0.3, -0.25) is 9.59 Å². The van der Waals surface area contributed by atoms with Gasteiger partial charge in [-0.25, -0.2) is 4.90 Å². The molecule has 1 aliphatic rings. The van der Waals surface area contributed by atoms with Gasteiger partial charge >= 0.3 is 0 Å². The predicted octanol–water partition coefficient (Wildman–Crippen LogP) is 7.25. The number of rotatable bonds is 5. The van der Waals surface area contributed by atoms with Gasteiger partial charge < -0.3 is 5.32 Å². The van der Waals surface area contributed by atoms with Crippen LogP contribution in [0.3, 0.4) is 0 Å². The minimum atomic E-state index is -0.468. The standard InChI is InChI=1S/C24H17Cl3N2O2S/c1-13-3-10-20(14(2)11-13)28-21-22(32-17-7-4-15(25)5-8-17)24(31)29(23(21)30)16-6-9-18(26)19(27)12-16/h3-12,28H,1-2H3. The van der Waals surface area contributed by atoms with E-state index in [2.05, 4.69) is 5.32 Å². The Hall–Kier alpha value is -2.44. The second-order valence-corrected chi connectivity index (χ2v) is 9.58. The molecular formula is C24H17Cl3N2O2S. The fraction of sp³-hybridized carbons (Fsp3) is 0.0833. The lowest BCUT2D eigenvalue weighted by Crippen LogP contribution is -2.32. The Bertz CT molecular complexity index is 1270. The largest absolute Gasteiger partial charge is 0.350 e. The number of thioether (sulfide) groups is 1.